The van der Waals surface area contributed by atoms with Gasteiger partial charge in [-0.1, -0.05) is 30.3 Å². The van der Waals surface area contributed by atoms with E-state index in [0.717, 1.165) is 17.0 Å². The number of nitrogens with zero attached hydrogens (tertiary/aromatic N) is 1. The number of benzene rings is 2. The highest BCUT2D eigenvalue weighted by molar-refractivity contribution is 5.69. The molecule has 4 atom stereocenters. The van der Waals surface area contributed by atoms with Crippen molar-refractivity contribution < 1.29 is 23.7 Å². The van der Waals surface area contributed by atoms with Gasteiger partial charge in [-0.25, -0.2) is 0 Å². The van der Waals surface area contributed by atoms with Crippen LogP contribution < -0.4 is 4.74 Å². The molecule has 0 unspecified atom stereocenters. The maximum absolute atomic E-state index is 6.06. The van der Waals surface area contributed by atoms with Crippen LogP contribution in [0.3, 0.4) is 0 Å². The third kappa shape index (κ3) is 4.25. The molecular weight excluding hydrogens is 358 g/mol. The van der Waals surface area contributed by atoms with E-state index < -0.39 is 12.1 Å². The molecule has 6 heteroatoms. The van der Waals surface area contributed by atoms with Gasteiger partial charge in [-0.3, -0.25) is 4.99 Å². The zero-order valence-electron chi connectivity index (χ0n) is 16.3. The molecule has 0 bridgehead atoms. The molecule has 0 aromatic heterocycles. The first-order chi connectivity index (χ1) is 13.5. The average molecular weight is 383 g/mol. The summed E-state index contributed by atoms with van der Waals surface area (Å²) >= 11 is 0. The van der Waals surface area contributed by atoms with Gasteiger partial charge in [0.2, 0.25) is 0 Å². The molecule has 4 rings (SSSR count). The Kier molecular flexibility index (Phi) is 5.46. The van der Waals surface area contributed by atoms with Gasteiger partial charge in [0.05, 0.1) is 19.4 Å². The van der Waals surface area contributed by atoms with Gasteiger partial charge in [-0.2, -0.15) is 0 Å². The van der Waals surface area contributed by atoms with Crippen molar-refractivity contribution in [2.45, 2.75) is 50.8 Å². The zero-order valence-corrected chi connectivity index (χ0v) is 16.3. The summed E-state index contributed by atoms with van der Waals surface area (Å²) in [6.07, 6.45) is 0.327. The third-order valence-electron chi connectivity index (χ3n) is 4.75. The highest BCUT2D eigenvalue weighted by Gasteiger charge is 2.55. The minimum Gasteiger partial charge on any atom is -0.497 e. The molecular formula is C22H25NO5. The van der Waals surface area contributed by atoms with Crippen molar-refractivity contribution in [3.05, 3.63) is 60.2 Å². The molecule has 2 saturated heterocycles. The van der Waals surface area contributed by atoms with Crippen LogP contribution in [0, 0.1) is 0 Å². The minimum atomic E-state index is -0.681. The van der Waals surface area contributed by atoms with E-state index in [1.165, 1.54) is 0 Å². The standard InChI is InChI=1S/C22H25NO5/c1-22(2)27-19-18(13-23-16-9-11-17(24-3)12-10-16)26-21(20(19)28-22)25-14-15-7-5-4-6-8-15/h4-13,18-21H,14H2,1-3H3/t18-,19+,20+,21+/m1/s1. The zero-order chi connectivity index (χ0) is 19.6. The Morgan fingerprint density at radius 1 is 1.00 bits per heavy atom. The van der Waals surface area contributed by atoms with Gasteiger partial charge < -0.3 is 23.7 Å². The minimum absolute atomic E-state index is 0.266. The number of ether oxygens (including phenoxy) is 5. The number of hydrogen-bond acceptors (Lipinski definition) is 6. The van der Waals surface area contributed by atoms with E-state index in [4.69, 9.17) is 23.7 Å². The maximum atomic E-state index is 6.06. The summed E-state index contributed by atoms with van der Waals surface area (Å²) in [5.74, 6) is 0.111. The highest BCUT2D eigenvalue weighted by Crippen LogP contribution is 2.39. The smallest absolute Gasteiger partial charge is 0.187 e. The summed E-state index contributed by atoms with van der Waals surface area (Å²) < 4.78 is 29.3. The molecule has 0 N–H and O–H groups in total. The average Bonchev–Trinajstić information content (AvgIpc) is 3.19. The Labute approximate surface area is 165 Å². The fourth-order valence-corrected chi connectivity index (χ4v) is 3.43. The van der Waals surface area contributed by atoms with Crippen LogP contribution in [0.4, 0.5) is 5.69 Å². The molecule has 2 aromatic carbocycles. The molecule has 2 fully saturated rings. The first kappa shape index (κ1) is 19.1. The number of hydrogen-bond donors (Lipinski definition) is 0. The van der Waals surface area contributed by atoms with Gasteiger partial charge in [-0.15, -0.1) is 0 Å². The lowest BCUT2D eigenvalue weighted by Gasteiger charge is -2.23. The lowest BCUT2D eigenvalue weighted by atomic mass is 10.1. The van der Waals surface area contributed by atoms with E-state index in [1.54, 1.807) is 13.3 Å². The normalized spacial score (nSPS) is 28.5. The number of methoxy groups -OCH3 is 1. The van der Waals surface area contributed by atoms with Gasteiger partial charge in [0.25, 0.3) is 0 Å². The number of aliphatic imine (C=N–C) groups is 1. The van der Waals surface area contributed by atoms with E-state index in [1.807, 2.05) is 68.4 Å². The van der Waals surface area contributed by atoms with Gasteiger partial charge in [0, 0.05) is 6.21 Å². The number of rotatable bonds is 6. The molecule has 2 aromatic rings. The predicted molar refractivity (Wildman–Crippen MR) is 105 cm³/mol. The van der Waals surface area contributed by atoms with Crippen LogP contribution in [0.2, 0.25) is 0 Å². The van der Waals surface area contributed by atoms with Crippen LogP contribution in [-0.4, -0.2) is 43.7 Å². The Morgan fingerprint density at radius 2 is 1.71 bits per heavy atom. The summed E-state index contributed by atoms with van der Waals surface area (Å²) in [7, 11) is 1.64. The molecule has 2 heterocycles. The summed E-state index contributed by atoms with van der Waals surface area (Å²) in [4.78, 5) is 4.53. The van der Waals surface area contributed by atoms with E-state index >= 15 is 0 Å². The van der Waals surface area contributed by atoms with Crippen LogP contribution in [0.1, 0.15) is 19.4 Å². The van der Waals surface area contributed by atoms with Crippen molar-refractivity contribution >= 4 is 11.9 Å². The highest BCUT2D eigenvalue weighted by atomic mass is 16.8. The Balaban J connectivity index is 1.45. The summed E-state index contributed by atoms with van der Waals surface area (Å²) in [6, 6.07) is 17.5. The first-order valence-corrected chi connectivity index (χ1v) is 9.39. The van der Waals surface area contributed by atoms with Gasteiger partial charge in [-0.05, 0) is 43.7 Å². The van der Waals surface area contributed by atoms with Crippen molar-refractivity contribution in [3.63, 3.8) is 0 Å². The van der Waals surface area contributed by atoms with Gasteiger partial charge in [0.15, 0.2) is 12.1 Å². The molecule has 0 aliphatic carbocycles. The van der Waals surface area contributed by atoms with Crippen LogP contribution in [-0.2, 0) is 25.6 Å². The van der Waals surface area contributed by atoms with Crippen molar-refractivity contribution in [1.29, 1.82) is 0 Å². The van der Waals surface area contributed by atoms with Crippen molar-refractivity contribution in [2.75, 3.05) is 7.11 Å². The second kappa shape index (κ2) is 8.01. The Bertz CT molecular complexity index is 805. The first-order valence-electron chi connectivity index (χ1n) is 9.39. The molecule has 0 saturated carbocycles. The number of fused-ring (bicyclic) bond motifs is 1. The molecule has 2 aliphatic rings. The molecule has 6 nitrogen and oxygen atoms in total. The molecule has 0 amide bonds. The predicted octanol–water partition coefficient (Wildman–Crippen LogP) is 3.86. The molecule has 0 spiro atoms. The maximum Gasteiger partial charge on any atom is 0.187 e. The second-order valence-corrected chi connectivity index (χ2v) is 7.31. The second-order valence-electron chi connectivity index (χ2n) is 7.31. The van der Waals surface area contributed by atoms with E-state index in [9.17, 15) is 0 Å². The summed E-state index contributed by atoms with van der Waals surface area (Å²) in [5.41, 5.74) is 1.89. The van der Waals surface area contributed by atoms with E-state index in [2.05, 4.69) is 4.99 Å². The van der Waals surface area contributed by atoms with E-state index in [0.29, 0.717) is 6.61 Å². The molecule has 148 valence electrons. The van der Waals surface area contributed by atoms with Crippen molar-refractivity contribution in [1.82, 2.24) is 0 Å². The fraction of sp³-hybridized carbons (Fsp3) is 0.409. The van der Waals surface area contributed by atoms with Gasteiger partial charge >= 0.3 is 0 Å². The van der Waals surface area contributed by atoms with Crippen LogP contribution >= 0.6 is 0 Å². The molecule has 0 radical (unpaired) electrons. The monoisotopic (exact) mass is 383 g/mol. The largest absolute Gasteiger partial charge is 0.497 e. The summed E-state index contributed by atoms with van der Waals surface area (Å²) in [5, 5.41) is 0. The fourth-order valence-electron chi connectivity index (χ4n) is 3.43. The van der Waals surface area contributed by atoms with Gasteiger partial charge in [0.1, 0.15) is 24.1 Å². The third-order valence-corrected chi connectivity index (χ3v) is 4.75. The van der Waals surface area contributed by atoms with Crippen molar-refractivity contribution in [3.8, 4) is 5.75 Å². The lowest BCUT2D eigenvalue weighted by Crippen LogP contribution is -2.31. The summed E-state index contributed by atoms with van der Waals surface area (Å²) in [6.45, 7) is 4.25. The van der Waals surface area contributed by atoms with Crippen LogP contribution in [0.25, 0.3) is 0 Å². The SMILES string of the molecule is COc1ccc(N=C[C@H]2O[C@H](OCc3ccccc3)[C@H]3OC(C)(C)O[C@H]32)cc1. The molecule has 28 heavy (non-hydrogen) atoms. The topological polar surface area (TPSA) is 58.5 Å². The molecule has 2 aliphatic heterocycles. The lowest BCUT2D eigenvalue weighted by molar-refractivity contribution is -0.228. The van der Waals surface area contributed by atoms with Crippen molar-refractivity contribution in [2.24, 2.45) is 4.99 Å². The van der Waals surface area contributed by atoms with Crippen LogP contribution in [0.15, 0.2) is 59.6 Å². The Morgan fingerprint density at radius 3 is 2.43 bits per heavy atom. The van der Waals surface area contributed by atoms with Crippen LogP contribution in [0.5, 0.6) is 5.75 Å². The Hall–Kier alpha value is -2.25. The van der Waals surface area contributed by atoms with E-state index in [-0.39, 0.29) is 18.3 Å². The quantitative estimate of drug-likeness (QED) is 0.709.